The minimum Gasteiger partial charge on any atom is -0.368 e. The molecule has 0 aromatic heterocycles. The second-order valence-electron chi connectivity index (χ2n) is 9.88. The average molecular weight is 513 g/mol. The maximum Gasteiger partial charge on any atom is 0.321 e. The number of nitrogens with zero attached hydrogens (tertiary/aromatic N) is 2. The van der Waals surface area contributed by atoms with E-state index in [4.69, 9.17) is 0 Å². The minimum atomic E-state index is -0.128. The standard InChI is InChI=1S/C31H36N4O3/c1-22-20-26(24(3)36)21-23(2)30(22)33-31(38)35-18-16-34(17-19-35)28-14-12-27(13-15-28)32-29(37)11-7-10-25-8-5-4-6-9-25/h4-6,8-9,12-15,20-21H,7,10-11,16-19H2,1-3H3,(H,32,37)(H,33,38). The highest BCUT2D eigenvalue weighted by Crippen LogP contribution is 2.24. The van der Waals surface area contributed by atoms with E-state index < -0.39 is 0 Å². The highest BCUT2D eigenvalue weighted by molar-refractivity contribution is 5.97. The van der Waals surface area contributed by atoms with Gasteiger partial charge in [0.15, 0.2) is 5.78 Å². The topological polar surface area (TPSA) is 81.8 Å². The van der Waals surface area contributed by atoms with Crippen LogP contribution in [-0.2, 0) is 11.2 Å². The lowest BCUT2D eigenvalue weighted by molar-refractivity contribution is -0.116. The Morgan fingerprint density at radius 1 is 0.816 bits per heavy atom. The minimum absolute atomic E-state index is 0.0134. The molecule has 0 spiro atoms. The summed E-state index contributed by atoms with van der Waals surface area (Å²) in [5.41, 5.74) is 6.28. The van der Waals surface area contributed by atoms with E-state index >= 15 is 0 Å². The van der Waals surface area contributed by atoms with Crippen molar-refractivity contribution in [1.82, 2.24) is 4.90 Å². The number of rotatable bonds is 8. The van der Waals surface area contributed by atoms with Crippen LogP contribution in [-0.4, -0.2) is 48.8 Å². The number of hydrogen-bond acceptors (Lipinski definition) is 4. The monoisotopic (exact) mass is 512 g/mol. The molecule has 0 atom stereocenters. The van der Waals surface area contributed by atoms with Gasteiger partial charge in [0.05, 0.1) is 0 Å². The van der Waals surface area contributed by atoms with Crippen LogP contribution in [0.1, 0.15) is 46.8 Å². The molecule has 1 saturated heterocycles. The number of anilines is 3. The molecule has 4 rings (SSSR count). The SMILES string of the molecule is CC(=O)c1cc(C)c(NC(=O)N2CCN(c3ccc(NC(=O)CCCc4ccccc4)cc3)CC2)c(C)c1. The van der Waals surface area contributed by atoms with Gasteiger partial charge in [-0.25, -0.2) is 4.79 Å². The van der Waals surface area contributed by atoms with Crippen molar-refractivity contribution in [3.63, 3.8) is 0 Å². The molecule has 7 nitrogen and oxygen atoms in total. The zero-order chi connectivity index (χ0) is 27.1. The predicted octanol–water partition coefficient (Wildman–Crippen LogP) is 5.82. The first-order chi connectivity index (χ1) is 18.3. The second kappa shape index (κ2) is 12.4. The molecule has 1 aliphatic heterocycles. The van der Waals surface area contributed by atoms with E-state index in [0.717, 1.165) is 54.1 Å². The van der Waals surface area contributed by atoms with Crippen LogP contribution < -0.4 is 15.5 Å². The Morgan fingerprint density at radius 3 is 2.05 bits per heavy atom. The molecule has 198 valence electrons. The summed E-state index contributed by atoms with van der Waals surface area (Å²) in [6.45, 7) is 8.02. The highest BCUT2D eigenvalue weighted by atomic mass is 16.2. The van der Waals surface area contributed by atoms with Gasteiger partial charge in [0.2, 0.25) is 5.91 Å². The van der Waals surface area contributed by atoms with Crippen molar-refractivity contribution < 1.29 is 14.4 Å². The Labute approximate surface area is 224 Å². The largest absolute Gasteiger partial charge is 0.368 e. The summed E-state index contributed by atoms with van der Waals surface area (Å²) in [5, 5.41) is 6.02. The molecule has 1 fully saturated rings. The van der Waals surface area contributed by atoms with Crippen molar-refractivity contribution in [2.24, 2.45) is 0 Å². The summed E-state index contributed by atoms with van der Waals surface area (Å²) in [6.07, 6.45) is 2.19. The molecule has 0 aliphatic carbocycles. The Hall–Kier alpha value is -4.13. The second-order valence-corrected chi connectivity index (χ2v) is 9.88. The van der Waals surface area contributed by atoms with E-state index in [2.05, 4.69) is 27.7 Å². The van der Waals surface area contributed by atoms with Crippen molar-refractivity contribution in [2.45, 2.75) is 40.0 Å². The summed E-state index contributed by atoms with van der Waals surface area (Å²) in [6, 6.07) is 21.6. The molecule has 38 heavy (non-hydrogen) atoms. The van der Waals surface area contributed by atoms with Gasteiger partial charge in [-0.3, -0.25) is 9.59 Å². The Kier molecular flexibility index (Phi) is 8.79. The zero-order valence-electron chi connectivity index (χ0n) is 22.4. The first-order valence-electron chi connectivity index (χ1n) is 13.2. The van der Waals surface area contributed by atoms with Crippen LogP contribution in [0.3, 0.4) is 0 Å². The molecule has 2 N–H and O–H groups in total. The molecule has 0 unspecified atom stereocenters. The van der Waals surface area contributed by atoms with Crippen LogP contribution in [0.15, 0.2) is 66.7 Å². The molecule has 3 amide bonds. The number of aryl methyl sites for hydroxylation is 3. The van der Waals surface area contributed by atoms with Crippen molar-refractivity contribution in [3.05, 3.63) is 89.0 Å². The third-order valence-electron chi connectivity index (χ3n) is 6.97. The fourth-order valence-corrected chi connectivity index (χ4v) is 4.79. The van der Waals surface area contributed by atoms with Gasteiger partial charge < -0.3 is 20.4 Å². The number of piperazine rings is 1. The van der Waals surface area contributed by atoms with Crippen molar-refractivity contribution in [2.75, 3.05) is 41.7 Å². The molecule has 3 aromatic rings. The van der Waals surface area contributed by atoms with Gasteiger partial charge in [-0.05, 0) is 86.7 Å². The van der Waals surface area contributed by atoms with Crippen molar-refractivity contribution in [1.29, 1.82) is 0 Å². The quantitative estimate of drug-likeness (QED) is 0.373. The van der Waals surface area contributed by atoms with Gasteiger partial charge in [-0.2, -0.15) is 0 Å². The first kappa shape index (κ1) is 26.9. The zero-order valence-corrected chi connectivity index (χ0v) is 22.4. The van der Waals surface area contributed by atoms with Crippen LogP contribution >= 0.6 is 0 Å². The van der Waals surface area contributed by atoms with E-state index in [-0.39, 0.29) is 17.7 Å². The van der Waals surface area contributed by atoms with Crippen LogP contribution in [0.5, 0.6) is 0 Å². The van der Waals surface area contributed by atoms with Gasteiger partial charge in [0, 0.05) is 55.2 Å². The molecule has 0 radical (unpaired) electrons. The Morgan fingerprint density at radius 2 is 1.45 bits per heavy atom. The summed E-state index contributed by atoms with van der Waals surface area (Å²) in [5.74, 6) is 0.0363. The third kappa shape index (κ3) is 7.00. The fourth-order valence-electron chi connectivity index (χ4n) is 4.79. The molecular weight excluding hydrogens is 476 g/mol. The Bertz CT molecular complexity index is 1260. The number of carbonyl (C=O) groups is 3. The van der Waals surface area contributed by atoms with E-state index in [0.29, 0.717) is 25.1 Å². The van der Waals surface area contributed by atoms with Gasteiger partial charge in [0.25, 0.3) is 0 Å². The van der Waals surface area contributed by atoms with Crippen molar-refractivity contribution >= 4 is 34.8 Å². The molecule has 3 aromatic carbocycles. The van der Waals surface area contributed by atoms with Gasteiger partial charge >= 0.3 is 6.03 Å². The lowest BCUT2D eigenvalue weighted by Crippen LogP contribution is -2.50. The van der Waals surface area contributed by atoms with Gasteiger partial charge in [-0.15, -0.1) is 0 Å². The molecule has 1 aliphatic rings. The van der Waals surface area contributed by atoms with E-state index in [1.165, 1.54) is 5.56 Å². The van der Waals surface area contributed by atoms with Crippen molar-refractivity contribution in [3.8, 4) is 0 Å². The van der Waals surface area contributed by atoms with Crippen LogP contribution in [0.4, 0.5) is 21.9 Å². The molecule has 1 heterocycles. The number of Topliss-reactive ketones (excluding diaryl/α,β-unsaturated/α-hetero) is 1. The predicted molar refractivity (Wildman–Crippen MR) is 153 cm³/mol. The van der Waals surface area contributed by atoms with Crippen LogP contribution in [0.25, 0.3) is 0 Å². The smallest absolute Gasteiger partial charge is 0.321 e. The molecule has 0 bridgehead atoms. The third-order valence-corrected chi connectivity index (χ3v) is 6.97. The maximum absolute atomic E-state index is 12.9. The molecule has 7 heteroatoms. The van der Waals surface area contributed by atoms with E-state index in [9.17, 15) is 14.4 Å². The number of benzene rings is 3. The summed E-state index contributed by atoms with van der Waals surface area (Å²) < 4.78 is 0. The number of nitrogens with one attached hydrogen (secondary N) is 2. The van der Waals surface area contributed by atoms with Crippen LogP contribution in [0.2, 0.25) is 0 Å². The number of amides is 3. The molecule has 0 saturated carbocycles. The maximum atomic E-state index is 12.9. The number of hydrogen-bond donors (Lipinski definition) is 2. The summed E-state index contributed by atoms with van der Waals surface area (Å²) in [4.78, 5) is 41.0. The lowest BCUT2D eigenvalue weighted by Gasteiger charge is -2.36. The van der Waals surface area contributed by atoms with E-state index in [1.807, 2.05) is 73.3 Å². The summed E-state index contributed by atoms with van der Waals surface area (Å²) in [7, 11) is 0. The number of carbonyl (C=O) groups excluding carboxylic acids is 3. The van der Waals surface area contributed by atoms with Gasteiger partial charge in [0.1, 0.15) is 0 Å². The van der Waals surface area contributed by atoms with Gasteiger partial charge in [-0.1, -0.05) is 30.3 Å². The highest BCUT2D eigenvalue weighted by Gasteiger charge is 2.22. The van der Waals surface area contributed by atoms with E-state index in [1.54, 1.807) is 6.92 Å². The van der Waals surface area contributed by atoms with Crippen LogP contribution in [0, 0.1) is 13.8 Å². The average Bonchev–Trinajstić information content (AvgIpc) is 2.91. The summed E-state index contributed by atoms with van der Waals surface area (Å²) >= 11 is 0. The Balaban J connectivity index is 1.24. The molecular formula is C31H36N4O3. The first-order valence-corrected chi connectivity index (χ1v) is 13.2. The number of ketones is 1. The fraction of sp³-hybridized carbons (Fsp3) is 0.323. The number of urea groups is 1. The normalized spacial score (nSPS) is 13.2. The lowest BCUT2D eigenvalue weighted by atomic mass is 10.0.